The Bertz CT molecular complexity index is 923. The van der Waals surface area contributed by atoms with E-state index in [1.54, 1.807) is 10.9 Å². The average Bonchev–Trinajstić information content (AvgIpc) is 3.32. The molecule has 0 radical (unpaired) electrons. The van der Waals surface area contributed by atoms with Gasteiger partial charge in [0, 0.05) is 38.6 Å². The highest BCUT2D eigenvalue weighted by Gasteiger charge is 2.27. The molecule has 1 atom stereocenters. The fourth-order valence-electron chi connectivity index (χ4n) is 4.10. The SMILES string of the molecule is CN(C(=O)c1ccccc1-n1cccn1)[C@H]1CCCN(CCc2ccccc2)C1. The molecule has 1 aliphatic rings. The second-order valence-corrected chi connectivity index (χ2v) is 7.72. The fourth-order valence-corrected chi connectivity index (χ4v) is 4.10. The predicted octanol–water partition coefficient (Wildman–Crippen LogP) is 3.65. The highest BCUT2D eigenvalue weighted by atomic mass is 16.2. The summed E-state index contributed by atoms with van der Waals surface area (Å²) in [6.07, 6.45) is 6.83. The molecule has 0 spiro atoms. The van der Waals surface area contributed by atoms with Crippen LogP contribution in [0.4, 0.5) is 0 Å². The number of likely N-dealkylation sites (N-methyl/N-ethyl adjacent to an activating group) is 1. The maximum absolute atomic E-state index is 13.3. The van der Waals surface area contributed by atoms with E-state index in [2.05, 4.69) is 40.3 Å². The Morgan fingerprint density at radius 1 is 1.10 bits per heavy atom. The van der Waals surface area contributed by atoms with E-state index in [4.69, 9.17) is 0 Å². The molecule has 5 heteroatoms. The third-order valence-corrected chi connectivity index (χ3v) is 5.79. The van der Waals surface area contributed by atoms with Crippen LogP contribution in [0.5, 0.6) is 0 Å². The lowest BCUT2D eigenvalue weighted by Crippen LogP contribution is -2.49. The minimum Gasteiger partial charge on any atom is -0.337 e. The van der Waals surface area contributed by atoms with Crippen LogP contribution in [0.3, 0.4) is 0 Å². The van der Waals surface area contributed by atoms with Gasteiger partial charge in [-0.25, -0.2) is 4.68 Å². The number of benzene rings is 2. The van der Waals surface area contributed by atoms with Crippen molar-refractivity contribution in [3.05, 3.63) is 84.2 Å². The zero-order chi connectivity index (χ0) is 20.1. The number of rotatable bonds is 6. The molecular formula is C24H28N4O. The number of nitrogens with zero attached hydrogens (tertiary/aromatic N) is 4. The molecule has 2 heterocycles. The molecule has 0 aliphatic carbocycles. The molecule has 29 heavy (non-hydrogen) atoms. The first-order valence-electron chi connectivity index (χ1n) is 10.3. The first kappa shape index (κ1) is 19.4. The average molecular weight is 389 g/mol. The second-order valence-electron chi connectivity index (χ2n) is 7.72. The number of para-hydroxylation sites is 1. The van der Waals surface area contributed by atoms with Crippen LogP contribution < -0.4 is 0 Å². The Kier molecular flexibility index (Phi) is 6.06. The van der Waals surface area contributed by atoms with E-state index < -0.39 is 0 Å². The highest BCUT2D eigenvalue weighted by Crippen LogP contribution is 2.21. The molecule has 4 rings (SSSR count). The molecule has 1 aliphatic heterocycles. The summed E-state index contributed by atoms with van der Waals surface area (Å²) in [5.41, 5.74) is 2.89. The summed E-state index contributed by atoms with van der Waals surface area (Å²) in [4.78, 5) is 17.7. The minimum absolute atomic E-state index is 0.0611. The van der Waals surface area contributed by atoms with E-state index >= 15 is 0 Å². The number of amides is 1. The van der Waals surface area contributed by atoms with E-state index in [1.807, 2.05) is 48.5 Å². The first-order valence-corrected chi connectivity index (χ1v) is 10.3. The quantitative estimate of drug-likeness (QED) is 0.647. The Morgan fingerprint density at radius 3 is 2.69 bits per heavy atom. The van der Waals surface area contributed by atoms with Gasteiger partial charge >= 0.3 is 0 Å². The smallest absolute Gasteiger partial charge is 0.256 e. The predicted molar refractivity (Wildman–Crippen MR) is 115 cm³/mol. The maximum atomic E-state index is 13.3. The molecule has 5 nitrogen and oxygen atoms in total. The van der Waals surface area contributed by atoms with Gasteiger partial charge < -0.3 is 9.80 Å². The number of piperidine rings is 1. The van der Waals surface area contributed by atoms with Gasteiger partial charge in [-0.15, -0.1) is 0 Å². The number of aromatic nitrogens is 2. The van der Waals surface area contributed by atoms with Gasteiger partial charge in [0.2, 0.25) is 0 Å². The maximum Gasteiger partial charge on any atom is 0.256 e. The largest absolute Gasteiger partial charge is 0.337 e. The summed E-state index contributed by atoms with van der Waals surface area (Å²) < 4.78 is 1.76. The Labute approximate surface area is 172 Å². The minimum atomic E-state index is 0.0611. The zero-order valence-corrected chi connectivity index (χ0v) is 16.9. The van der Waals surface area contributed by atoms with Gasteiger partial charge in [-0.2, -0.15) is 5.10 Å². The standard InChI is InChI=1S/C24H28N4O/c1-26(24(29)22-12-5-6-13-23(22)28-17-8-15-25-28)21-11-7-16-27(19-21)18-14-20-9-3-2-4-10-20/h2-6,8-10,12-13,15,17,21H,7,11,14,16,18-19H2,1H3/t21-/m0/s1. The van der Waals surface area contributed by atoms with Crippen molar-refractivity contribution < 1.29 is 4.79 Å². The first-order chi connectivity index (χ1) is 14.2. The molecule has 2 aromatic carbocycles. The van der Waals surface area contributed by atoms with Crippen LogP contribution in [0.2, 0.25) is 0 Å². The van der Waals surface area contributed by atoms with Crippen molar-refractivity contribution >= 4 is 5.91 Å². The van der Waals surface area contributed by atoms with E-state index in [-0.39, 0.29) is 11.9 Å². The van der Waals surface area contributed by atoms with Crippen LogP contribution in [0.1, 0.15) is 28.8 Å². The summed E-state index contributed by atoms with van der Waals surface area (Å²) in [5.74, 6) is 0.0611. The van der Waals surface area contributed by atoms with Crippen molar-refractivity contribution in [3.63, 3.8) is 0 Å². The second kappa shape index (κ2) is 9.05. The van der Waals surface area contributed by atoms with Crippen molar-refractivity contribution in [2.45, 2.75) is 25.3 Å². The van der Waals surface area contributed by atoms with E-state index in [0.29, 0.717) is 5.56 Å². The van der Waals surface area contributed by atoms with Crippen molar-refractivity contribution in [1.29, 1.82) is 0 Å². The lowest BCUT2D eigenvalue weighted by Gasteiger charge is -2.38. The van der Waals surface area contributed by atoms with Crippen LogP contribution in [-0.2, 0) is 6.42 Å². The van der Waals surface area contributed by atoms with E-state index in [0.717, 1.165) is 44.6 Å². The molecule has 0 unspecified atom stereocenters. The monoisotopic (exact) mass is 388 g/mol. The van der Waals surface area contributed by atoms with Gasteiger partial charge in [-0.3, -0.25) is 4.79 Å². The highest BCUT2D eigenvalue weighted by molar-refractivity contribution is 5.97. The normalized spacial score (nSPS) is 17.2. The van der Waals surface area contributed by atoms with E-state index in [9.17, 15) is 4.79 Å². The van der Waals surface area contributed by atoms with Gasteiger partial charge in [0.1, 0.15) is 0 Å². The summed E-state index contributed by atoms with van der Waals surface area (Å²) in [5, 5.41) is 4.30. The zero-order valence-electron chi connectivity index (χ0n) is 16.9. The Hall–Kier alpha value is -2.92. The fraction of sp³-hybridized carbons (Fsp3) is 0.333. The number of hydrogen-bond donors (Lipinski definition) is 0. The van der Waals surface area contributed by atoms with Crippen LogP contribution in [0, 0.1) is 0 Å². The van der Waals surface area contributed by atoms with Crippen LogP contribution in [0.15, 0.2) is 73.1 Å². The lowest BCUT2D eigenvalue weighted by molar-refractivity contribution is 0.0619. The molecule has 1 saturated heterocycles. The van der Waals surface area contributed by atoms with E-state index in [1.165, 1.54) is 5.56 Å². The molecule has 0 bridgehead atoms. The van der Waals surface area contributed by atoms with Crippen molar-refractivity contribution in [3.8, 4) is 5.69 Å². The molecule has 0 saturated carbocycles. The molecule has 1 fully saturated rings. The molecule has 3 aromatic rings. The van der Waals surface area contributed by atoms with Crippen LogP contribution in [-0.4, -0.2) is 58.2 Å². The van der Waals surface area contributed by atoms with Gasteiger partial charge in [-0.05, 0) is 49.6 Å². The topological polar surface area (TPSA) is 41.4 Å². The van der Waals surface area contributed by atoms with Gasteiger partial charge in [0.15, 0.2) is 0 Å². The molecular weight excluding hydrogens is 360 g/mol. The van der Waals surface area contributed by atoms with Gasteiger partial charge in [0.25, 0.3) is 5.91 Å². The molecule has 150 valence electrons. The lowest BCUT2D eigenvalue weighted by atomic mass is 10.0. The van der Waals surface area contributed by atoms with Crippen LogP contribution >= 0.6 is 0 Å². The number of carbonyl (C=O) groups is 1. The molecule has 1 aromatic heterocycles. The number of likely N-dealkylation sites (tertiary alicyclic amines) is 1. The number of carbonyl (C=O) groups excluding carboxylic acids is 1. The summed E-state index contributed by atoms with van der Waals surface area (Å²) in [6.45, 7) is 3.07. The third kappa shape index (κ3) is 4.57. The third-order valence-electron chi connectivity index (χ3n) is 5.79. The summed E-state index contributed by atoms with van der Waals surface area (Å²) in [6, 6.07) is 20.4. The van der Waals surface area contributed by atoms with Gasteiger partial charge in [-0.1, -0.05) is 42.5 Å². The number of hydrogen-bond acceptors (Lipinski definition) is 3. The van der Waals surface area contributed by atoms with Crippen molar-refractivity contribution in [2.75, 3.05) is 26.7 Å². The summed E-state index contributed by atoms with van der Waals surface area (Å²) >= 11 is 0. The Morgan fingerprint density at radius 2 is 1.90 bits per heavy atom. The van der Waals surface area contributed by atoms with Gasteiger partial charge in [0.05, 0.1) is 11.3 Å². The van der Waals surface area contributed by atoms with Crippen molar-refractivity contribution in [1.82, 2.24) is 19.6 Å². The molecule has 1 amide bonds. The summed E-state index contributed by atoms with van der Waals surface area (Å²) in [7, 11) is 1.94. The van der Waals surface area contributed by atoms with Crippen LogP contribution in [0.25, 0.3) is 5.69 Å². The molecule has 0 N–H and O–H groups in total. The van der Waals surface area contributed by atoms with Crippen molar-refractivity contribution in [2.24, 2.45) is 0 Å². The Balaban J connectivity index is 1.43.